The molecule has 224 valence electrons. The Kier molecular flexibility index (Phi) is 12.1. The molecule has 42 heavy (non-hydrogen) atoms. The number of hydrogen-bond acceptors (Lipinski definition) is 6. The van der Waals surface area contributed by atoms with Gasteiger partial charge in [-0.25, -0.2) is 5.48 Å². The third kappa shape index (κ3) is 9.43. The molecule has 3 rings (SSSR count). The Hall–Kier alpha value is -4.21. The zero-order chi connectivity index (χ0) is 30.5. The fourth-order valence-electron chi connectivity index (χ4n) is 4.47. The number of amides is 3. The number of methoxy groups -OCH3 is 1. The fraction of sp³-hybridized carbons (Fsp3) is 0.364. The number of ether oxygens (including phenoxy) is 2. The molecule has 3 aromatic rings. The Bertz CT molecular complexity index is 1280. The van der Waals surface area contributed by atoms with Gasteiger partial charge in [-0.3, -0.25) is 19.2 Å². The first kappa shape index (κ1) is 32.3. The zero-order valence-electron chi connectivity index (χ0n) is 24.9. The van der Waals surface area contributed by atoms with E-state index in [9.17, 15) is 14.4 Å². The minimum absolute atomic E-state index is 0.0836. The lowest BCUT2D eigenvalue weighted by Crippen LogP contribution is -2.55. The topological polar surface area (TPSA) is 115 Å². The van der Waals surface area contributed by atoms with E-state index in [0.717, 1.165) is 11.1 Å². The lowest BCUT2D eigenvalue weighted by atomic mass is 9.82. The van der Waals surface area contributed by atoms with Crippen molar-refractivity contribution in [3.05, 3.63) is 102 Å². The van der Waals surface area contributed by atoms with Gasteiger partial charge in [0.25, 0.3) is 0 Å². The van der Waals surface area contributed by atoms with E-state index in [-0.39, 0.29) is 25.7 Å². The Morgan fingerprint density at radius 2 is 1.33 bits per heavy atom. The molecule has 0 bridgehead atoms. The average molecular weight is 576 g/mol. The van der Waals surface area contributed by atoms with Crippen LogP contribution in [0.5, 0.6) is 5.75 Å². The minimum Gasteiger partial charge on any atom is -0.497 e. The molecule has 0 saturated heterocycles. The van der Waals surface area contributed by atoms with Crippen molar-refractivity contribution in [3.8, 4) is 5.75 Å². The SMILES string of the molecule is CNC(=O)[C@@H](NC(=O)[C@H](c1ccc(OC)cc1)[C@H](COCc1ccccc1)C(=O)NOCc1ccccc1)C(C)(C)C. The van der Waals surface area contributed by atoms with E-state index >= 15 is 0 Å². The summed E-state index contributed by atoms with van der Waals surface area (Å²) in [5.74, 6) is -2.76. The van der Waals surface area contributed by atoms with E-state index in [1.165, 1.54) is 7.05 Å². The molecule has 0 unspecified atom stereocenters. The first-order valence-corrected chi connectivity index (χ1v) is 13.9. The second-order valence-corrected chi connectivity index (χ2v) is 11.0. The van der Waals surface area contributed by atoms with Gasteiger partial charge in [0.1, 0.15) is 11.8 Å². The van der Waals surface area contributed by atoms with Crippen molar-refractivity contribution in [1.29, 1.82) is 0 Å². The molecule has 3 atom stereocenters. The Morgan fingerprint density at radius 1 is 0.762 bits per heavy atom. The molecule has 0 fully saturated rings. The first-order chi connectivity index (χ1) is 20.1. The van der Waals surface area contributed by atoms with Gasteiger partial charge in [0.15, 0.2) is 0 Å². The van der Waals surface area contributed by atoms with Gasteiger partial charge in [0, 0.05) is 7.05 Å². The highest BCUT2D eigenvalue weighted by Gasteiger charge is 2.40. The van der Waals surface area contributed by atoms with Gasteiger partial charge in [0.05, 0.1) is 38.8 Å². The molecular formula is C33H41N3O6. The van der Waals surface area contributed by atoms with Crippen LogP contribution in [0.15, 0.2) is 84.9 Å². The van der Waals surface area contributed by atoms with Gasteiger partial charge in [-0.05, 0) is 34.2 Å². The van der Waals surface area contributed by atoms with Crippen LogP contribution in [0.1, 0.15) is 43.4 Å². The minimum atomic E-state index is -1.01. The first-order valence-electron chi connectivity index (χ1n) is 13.9. The lowest BCUT2D eigenvalue weighted by Gasteiger charge is -2.33. The highest BCUT2D eigenvalue weighted by atomic mass is 16.7. The third-order valence-corrected chi connectivity index (χ3v) is 6.82. The smallest absolute Gasteiger partial charge is 0.250 e. The number of hydroxylamine groups is 1. The molecule has 0 aliphatic heterocycles. The average Bonchev–Trinajstić information content (AvgIpc) is 2.99. The van der Waals surface area contributed by atoms with Gasteiger partial charge in [-0.2, -0.15) is 0 Å². The van der Waals surface area contributed by atoms with Crippen molar-refractivity contribution >= 4 is 17.7 Å². The van der Waals surface area contributed by atoms with E-state index < -0.39 is 35.1 Å². The largest absolute Gasteiger partial charge is 0.497 e. The molecule has 9 nitrogen and oxygen atoms in total. The molecule has 0 spiro atoms. The molecule has 0 saturated carbocycles. The normalized spacial score (nSPS) is 13.4. The van der Waals surface area contributed by atoms with Gasteiger partial charge < -0.3 is 20.1 Å². The summed E-state index contributed by atoms with van der Waals surface area (Å²) >= 11 is 0. The molecule has 0 aliphatic carbocycles. The number of benzene rings is 3. The Morgan fingerprint density at radius 3 is 1.86 bits per heavy atom. The summed E-state index contributed by atoms with van der Waals surface area (Å²) in [6, 6.07) is 25.0. The monoisotopic (exact) mass is 575 g/mol. The molecule has 3 amide bonds. The summed E-state index contributed by atoms with van der Waals surface area (Å²) in [7, 11) is 3.07. The molecule has 0 aliphatic rings. The van der Waals surface area contributed by atoms with Crippen LogP contribution in [-0.4, -0.2) is 44.5 Å². The molecule has 0 heterocycles. The quantitative estimate of drug-likeness (QED) is 0.249. The lowest BCUT2D eigenvalue weighted by molar-refractivity contribution is -0.145. The molecule has 3 aromatic carbocycles. The van der Waals surface area contributed by atoms with Crippen LogP contribution in [0.3, 0.4) is 0 Å². The predicted octanol–water partition coefficient (Wildman–Crippen LogP) is 4.14. The van der Waals surface area contributed by atoms with E-state index in [4.69, 9.17) is 14.3 Å². The van der Waals surface area contributed by atoms with Gasteiger partial charge in [-0.15, -0.1) is 0 Å². The summed E-state index contributed by atoms with van der Waals surface area (Å²) in [5.41, 5.74) is 4.28. The summed E-state index contributed by atoms with van der Waals surface area (Å²) in [6.07, 6.45) is 0. The maximum Gasteiger partial charge on any atom is 0.250 e. The van der Waals surface area contributed by atoms with E-state index in [1.54, 1.807) is 31.4 Å². The number of hydrogen-bond donors (Lipinski definition) is 3. The van der Waals surface area contributed by atoms with Crippen molar-refractivity contribution in [2.75, 3.05) is 20.8 Å². The summed E-state index contributed by atoms with van der Waals surface area (Å²) in [6.45, 7) is 5.89. The van der Waals surface area contributed by atoms with Gasteiger partial charge in [-0.1, -0.05) is 93.6 Å². The van der Waals surface area contributed by atoms with E-state index in [1.807, 2.05) is 81.4 Å². The molecule has 0 aromatic heterocycles. The van der Waals surface area contributed by atoms with Crippen LogP contribution in [0.25, 0.3) is 0 Å². The highest BCUT2D eigenvalue weighted by Crippen LogP contribution is 2.30. The third-order valence-electron chi connectivity index (χ3n) is 6.82. The Balaban J connectivity index is 1.93. The van der Waals surface area contributed by atoms with Crippen LogP contribution in [0.2, 0.25) is 0 Å². The van der Waals surface area contributed by atoms with Crippen LogP contribution in [-0.2, 0) is 37.2 Å². The second kappa shape index (κ2) is 15.7. The van der Waals surface area contributed by atoms with Crippen LogP contribution in [0.4, 0.5) is 0 Å². The van der Waals surface area contributed by atoms with E-state index in [2.05, 4.69) is 16.1 Å². The zero-order valence-corrected chi connectivity index (χ0v) is 24.9. The van der Waals surface area contributed by atoms with Crippen molar-refractivity contribution in [3.63, 3.8) is 0 Å². The summed E-state index contributed by atoms with van der Waals surface area (Å²) < 4.78 is 11.3. The maximum atomic E-state index is 14.1. The van der Waals surface area contributed by atoms with Crippen molar-refractivity contribution < 1.29 is 28.7 Å². The molecule has 3 N–H and O–H groups in total. The van der Waals surface area contributed by atoms with Crippen molar-refractivity contribution in [1.82, 2.24) is 16.1 Å². The van der Waals surface area contributed by atoms with Gasteiger partial charge >= 0.3 is 0 Å². The van der Waals surface area contributed by atoms with Crippen LogP contribution < -0.4 is 20.9 Å². The van der Waals surface area contributed by atoms with Crippen molar-refractivity contribution in [2.24, 2.45) is 11.3 Å². The number of rotatable bonds is 14. The van der Waals surface area contributed by atoms with Crippen LogP contribution in [0, 0.1) is 11.3 Å². The fourth-order valence-corrected chi connectivity index (χ4v) is 4.47. The number of nitrogens with one attached hydrogen (secondary N) is 3. The number of carbonyl (C=O) groups excluding carboxylic acids is 3. The number of carbonyl (C=O) groups is 3. The van der Waals surface area contributed by atoms with Gasteiger partial charge in [0.2, 0.25) is 17.7 Å². The maximum absolute atomic E-state index is 14.1. The molecule has 9 heteroatoms. The summed E-state index contributed by atoms with van der Waals surface area (Å²) in [4.78, 5) is 46.1. The molecular weight excluding hydrogens is 534 g/mol. The second-order valence-electron chi connectivity index (χ2n) is 11.0. The summed E-state index contributed by atoms with van der Waals surface area (Å²) in [5, 5.41) is 5.53. The standard InChI is InChI=1S/C33H41N3O6/c1-33(2,3)29(32(39)34-4)35-31(38)28(25-16-18-26(40-5)19-17-25)27(22-41-20-23-12-8-6-9-13-23)30(37)36-42-21-24-14-10-7-11-15-24/h6-19,27-29H,20-22H2,1-5H3,(H,34,39)(H,35,38)(H,36,37)/t27-,28+,29+/m0/s1. The predicted molar refractivity (Wildman–Crippen MR) is 160 cm³/mol. The number of likely N-dealkylation sites (N-methyl/N-ethyl adjacent to an activating group) is 1. The molecule has 0 radical (unpaired) electrons. The van der Waals surface area contributed by atoms with E-state index in [0.29, 0.717) is 11.3 Å². The Labute approximate surface area is 247 Å². The van der Waals surface area contributed by atoms with Crippen molar-refractivity contribution in [2.45, 2.75) is 45.9 Å². The van der Waals surface area contributed by atoms with Crippen LogP contribution >= 0.6 is 0 Å². The highest BCUT2D eigenvalue weighted by molar-refractivity contribution is 5.94.